The fraction of sp³-hybridized carbons (Fsp3) is 1.00. The van der Waals surface area contributed by atoms with E-state index in [2.05, 4.69) is 87.7 Å². The minimum atomic E-state index is -4.65. The van der Waals surface area contributed by atoms with Gasteiger partial charge in [-0.25, -0.2) is 0 Å². The summed E-state index contributed by atoms with van der Waals surface area (Å²) in [5, 5.41) is 0. The molecule has 14 saturated carbocycles. The predicted molar refractivity (Wildman–Crippen MR) is 623 cm³/mol. The first-order chi connectivity index (χ1) is 71.8. The zero-order valence-electron chi connectivity index (χ0n) is 97.2. The molecule has 14 atom stereocenters. The molecule has 0 radical (unpaired) electrons. The van der Waals surface area contributed by atoms with Crippen molar-refractivity contribution in [3.05, 3.63) is 0 Å². The maximum Gasteiger partial charge on any atom is 3.00 e. The third-order valence-electron chi connectivity index (χ3n) is 38.9. The maximum absolute atomic E-state index is 17.2. The van der Waals surface area contributed by atoms with Crippen LogP contribution in [0, 0.1) is 0 Å². The van der Waals surface area contributed by atoms with Crippen molar-refractivity contribution in [1.29, 1.82) is 0 Å². The number of hydrogen-bond acceptors (Lipinski definition) is 24. The Morgan fingerprint density at radius 2 is 0.300 bits per heavy atom. The molecule has 6 saturated heterocycles. The summed E-state index contributed by atoms with van der Waals surface area (Å²) in [5.74, 6) is 0. The average molecular weight is 2390 g/mol. The molecule has 0 aromatic heterocycles. The Bertz CT molecular complexity index is 3500. The minimum Gasteiger partial charge on any atom is -0.817 e. The van der Waals surface area contributed by atoms with Gasteiger partial charge in [-0.15, -0.1) is 0 Å². The van der Waals surface area contributed by atoms with Gasteiger partial charge in [0.25, 0.3) is 0 Å². The van der Waals surface area contributed by atoms with Crippen molar-refractivity contribution in [3.63, 3.8) is 0 Å². The van der Waals surface area contributed by atoms with E-state index in [0.717, 1.165) is 449 Å². The molecule has 8 bridgehead atoms. The van der Waals surface area contributed by atoms with Gasteiger partial charge in [-0.05, 0) is 262 Å². The van der Waals surface area contributed by atoms with Crippen molar-refractivity contribution < 1.29 is 106 Å². The van der Waals surface area contributed by atoms with Crippen LogP contribution < -0.4 is 24.1 Å². The normalized spacial score (nSPS) is 39.2. The molecule has 14 aliphatic carbocycles. The molecular weight excluding hydrogens is 2170 g/mol. The summed E-state index contributed by atoms with van der Waals surface area (Å²) in [5.41, 5.74) is -2.51. The molecule has 0 aromatic rings. The second kappa shape index (κ2) is 57.7. The summed E-state index contributed by atoms with van der Waals surface area (Å²) in [6.07, 6.45) is 78.2. The predicted octanol–water partition coefficient (Wildman–Crippen LogP) is 28.0. The molecule has 6 unspecified atom stereocenters. The summed E-state index contributed by atoms with van der Waals surface area (Å²) in [6, 6.07) is 0. The molecule has 0 spiro atoms. The van der Waals surface area contributed by atoms with Crippen molar-refractivity contribution in [1.82, 2.24) is 0 Å². The van der Waals surface area contributed by atoms with Gasteiger partial charge in [0.2, 0.25) is 35.2 Å². The topological polar surface area (TPSA) is 281 Å². The van der Waals surface area contributed by atoms with Crippen LogP contribution in [0.5, 0.6) is 0 Å². The molecule has 25 nitrogen and oxygen atoms in total. The largest absolute Gasteiger partial charge is 3.00 e. The van der Waals surface area contributed by atoms with E-state index in [0.29, 0.717) is 0 Å². The van der Waals surface area contributed by atoms with Gasteiger partial charge >= 0.3 is 105 Å². The first-order valence-corrected chi connectivity index (χ1v) is 96.5. The summed E-state index contributed by atoms with van der Waals surface area (Å²) >= 11 is 0. The van der Waals surface area contributed by atoms with Gasteiger partial charge in [0.05, 0.1) is 19.6 Å². The SMILES string of the molecule is CCCCCC.CCCCCC.CC[NH+](CC)CC.C[Si](C)(C)O[Si]1(C2CCCCC2)O[Si@@]2(C3CCCCC3)O[Si]3(C4CCCCC4)O[Si](C4CCCCC4)(O[Si@]([O-])(C4CCCCC4)O2)O[Si@@]([O-])(C2CCCCC2)O[Si@](C2CCCCC2)(O1)O3.C[Si](C)(C)O[Si]1(C2CCCCC2)O[Si@@]2(C3CCCCC3)O[Si]3(C4CCCCC4)O[Si](C4CCCCC4)(O[Si@]([O-])(C4CCCCC4)O2)O[Si@@]([O-])(C2CCCCC2)O[Si@](C2CCCCC2)(O1)O3.[Al+3]. The Balaban J connectivity index is 0.000000190. The van der Waals surface area contributed by atoms with E-state index >= 15 is 19.2 Å². The second-order valence-electron chi connectivity index (χ2n) is 52.6. The minimum absolute atomic E-state index is 0. The summed E-state index contributed by atoms with van der Waals surface area (Å²) in [6.45, 7) is 32.9. The Kier molecular flexibility index (Phi) is 48.8. The quantitative estimate of drug-likeness (QED) is 0.0591. The van der Waals surface area contributed by atoms with Crippen LogP contribution in [0.25, 0.3) is 0 Å². The number of unbranched alkanes of at least 4 members (excludes halogenated alkanes) is 6. The van der Waals surface area contributed by atoms with E-state index in [1.54, 1.807) is 4.90 Å². The molecule has 6 aliphatic heterocycles. The van der Waals surface area contributed by atoms with Gasteiger partial charge in [0, 0.05) is 55.4 Å². The van der Waals surface area contributed by atoms with E-state index in [1.165, 1.54) is 71.0 Å². The fourth-order valence-corrected chi connectivity index (χ4v) is 125. The van der Waals surface area contributed by atoms with E-state index in [4.69, 9.17) is 82.3 Å². The van der Waals surface area contributed by atoms with Crippen molar-refractivity contribution in [2.45, 2.75) is 666 Å². The number of rotatable bonds is 27. The molecule has 1 N–H and O–H groups in total. The monoisotopic (exact) mass is 2390 g/mol. The first-order valence-electron chi connectivity index (χ1n) is 64.5. The van der Waals surface area contributed by atoms with Gasteiger partial charge in [0.15, 0.2) is 16.6 Å². The Labute approximate surface area is 941 Å². The number of hydrogen-bond donors (Lipinski definition) is 1. The standard InChI is InChI=1S/2C45H86O12Si8.C6H15N.2C6H14.Al/c2*1-58(2,3)48-61(41-29-15-6-16-30-41)53-63(43-33-19-8-20-34-43)51-59(46,39-25-11-4-12-26-39)49-62(42-31-17-7-18-32-42)50-60(47,40-27-13-5-14-28-40)52-64(54-61,44-35-21-9-22-36-44)57-65(55-62,56-63)45-37-23-10-24-38-45;1-4-7(5-2)6-3;2*1-3-5-6-4-2;/h2*39-45H,4-38H2,1-3H3;4-6H2,1-3H3;2*3-6H2,1-2H3;/q2*-2;;;;+3/p+1/t2*59-,60+,61?,62?,63+,64-,65?;;;;. The zero-order valence-corrected chi connectivity index (χ0v) is 114. The third kappa shape index (κ3) is 31.0. The summed E-state index contributed by atoms with van der Waals surface area (Å²) < 4.78 is 163. The number of nitrogens with one attached hydrogen (secondary N) is 1. The smallest absolute Gasteiger partial charge is 0.817 e. The summed E-state index contributed by atoms with van der Waals surface area (Å²) in [4.78, 5) is 70.6. The molecule has 20 fully saturated rings. The van der Waals surface area contributed by atoms with Crippen LogP contribution in [0.3, 0.4) is 0 Å². The van der Waals surface area contributed by atoms with Crippen molar-refractivity contribution in [3.8, 4) is 0 Å². The van der Waals surface area contributed by atoms with Crippen LogP contribution in [-0.2, 0) is 82.3 Å². The fourth-order valence-electron chi connectivity index (χ4n) is 30.4. The van der Waals surface area contributed by atoms with E-state index in [-0.39, 0.29) is 94.9 Å². The second-order valence-corrected chi connectivity index (χ2v) is 106. The van der Waals surface area contributed by atoms with Gasteiger partial charge in [-0.2, -0.15) is 0 Å². The first kappa shape index (κ1) is 127. The van der Waals surface area contributed by atoms with E-state index in [1.807, 2.05) is 0 Å². The van der Waals surface area contributed by atoms with Gasteiger partial charge in [0.1, 0.15) is 0 Å². The Hall–Kier alpha value is 3.00. The molecule has 864 valence electrons. The molecule has 0 amide bonds. The van der Waals surface area contributed by atoms with Crippen LogP contribution >= 0.6 is 0 Å². The zero-order chi connectivity index (χ0) is 105. The molecule has 42 heteroatoms. The average Bonchev–Trinajstić information content (AvgIpc) is 0.687. The molecule has 20 rings (SSSR count). The Morgan fingerprint density at radius 3 is 0.420 bits per heavy atom. The van der Waals surface area contributed by atoms with Gasteiger partial charge in [-0.3, -0.25) is 0 Å². The van der Waals surface area contributed by atoms with Crippen LogP contribution in [-0.4, -0.2) is 177 Å². The van der Waals surface area contributed by atoms with E-state index in [9.17, 15) is 0 Å². The summed E-state index contributed by atoms with van der Waals surface area (Å²) in [7, 11) is -65.7. The molecule has 6 heterocycles. The van der Waals surface area contributed by atoms with Crippen LogP contribution in [0.15, 0.2) is 0 Å². The molecular formula is C108H216AlNO24Si16. The van der Waals surface area contributed by atoms with Crippen LogP contribution in [0.1, 0.15) is 549 Å². The van der Waals surface area contributed by atoms with Crippen molar-refractivity contribution >= 4 is 157 Å². The van der Waals surface area contributed by atoms with Crippen LogP contribution in [0.4, 0.5) is 0 Å². The number of quaternary nitrogens is 1. The van der Waals surface area contributed by atoms with Gasteiger partial charge in [-0.1, -0.05) is 349 Å². The number of fused-ring (bicyclic) bond motifs is 6. The van der Waals surface area contributed by atoms with Crippen LogP contribution in [0.2, 0.25) is 117 Å². The maximum atomic E-state index is 17.2. The van der Waals surface area contributed by atoms with E-state index < -0.39 is 140 Å². The third-order valence-corrected chi connectivity index (χ3v) is 109. The molecule has 0 aromatic carbocycles. The molecule has 150 heavy (non-hydrogen) atoms. The van der Waals surface area contributed by atoms with Crippen molar-refractivity contribution in [2.75, 3.05) is 19.6 Å². The van der Waals surface area contributed by atoms with Gasteiger partial charge < -0.3 is 106 Å². The Morgan fingerprint density at radius 1 is 0.180 bits per heavy atom. The molecule has 20 aliphatic rings. The van der Waals surface area contributed by atoms with Crippen molar-refractivity contribution in [2.24, 2.45) is 0 Å².